The van der Waals surface area contributed by atoms with E-state index < -0.39 is 5.97 Å². The van der Waals surface area contributed by atoms with Crippen LogP contribution in [0.25, 0.3) is 6.08 Å². The number of allylic oxidation sites excluding steroid dienone is 1. The number of rotatable bonds is 9. The zero-order valence-corrected chi connectivity index (χ0v) is 12.6. The number of aliphatic carboxylic acids is 1. The monoisotopic (exact) mass is 290 g/mol. The largest absolute Gasteiger partial charge is 0.493 e. The topological polar surface area (TPSA) is 55.8 Å². The molecule has 0 aliphatic heterocycles. The third-order valence-corrected chi connectivity index (χ3v) is 3.13. The van der Waals surface area contributed by atoms with Crippen molar-refractivity contribution in [3.63, 3.8) is 0 Å². The van der Waals surface area contributed by atoms with E-state index in [1.165, 1.54) is 0 Å². The van der Waals surface area contributed by atoms with Gasteiger partial charge in [-0.05, 0) is 49.5 Å². The van der Waals surface area contributed by atoms with E-state index >= 15 is 0 Å². The summed E-state index contributed by atoms with van der Waals surface area (Å²) < 4.78 is 10.4. The molecule has 0 fully saturated rings. The lowest BCUT2D eigenvalue weighted by molar-refractivity contribution is -0.132. The van der Waals surface area contributed by atoms with Gasteiger partial charge in [0.25, 0.3) is 0 Å². The van der Waals surface area contributed by atoms with Crippen molar-refractivity contribution >= 4 is 12.0 Å². The van der Waals surface area contributed by atoms with Crippen molar-refractivity contribution in [3.8, 4) is 11.5 Å². The van der Waals surface area contributed by atoms with Crippen molar-refractivity contribution in [3.05, 3.63) is 42.0 Å². The van der Waals surface area contributed by atoms with Gasteiger partial charge in [-0.1, -0.05) is 12.1 Å². The summed E-state index contributed by atoms with van der Waals surface area (Å²) in [5.74, 6) is 0.323. The molecule has 0 aromatic heterocycles. The Bertz CT molecular complexity index is 518. The van der Waals surface area contributed by atoms with Crippen molar-refractivity contribution in [1.29, 1.82) is 0 Å². The number of carboxylic acids is 1. The molecule has 0 spiro atoms. The van der Waals surface area contributed by atoms with E-state index in [4.69, 9.17) is 9.47 Å². The molecule has 0 amide bonds. The summed E-state index contributed by atoms with van der Waals surface area (Å²) >= 11 is 0. The molecule has 4 nitrogen and oxygen atoms in total. The molecule has 0 unspecified atom stereocenters. The summed E-state index contributed by atoms with van der Waals surface area (Å²) in [6.07, 6.45) is 6.75. The first-order chi connectivity index (χ1) is 10.1. The zero-order valence-electron chi connectivity index (χ0n) is 12.6. The van der Waals surface area contributed by atoms with Crippen LogP contribution in [0.1, 0.15) is 31.2 Å². The molecular weight excluding hydrogens is 268 g/mol. The molecule has 1 aromatic carbocycles. The molecule has 1 rings (SSSR count). The van der Waals surface area contributed by atoms with Gasteiger partial charge in [-0.15, -0.1) is 6.58 Å². The predicted molar refractivity (Wildman–Crippen MR) is 83.8 cm³/mol. The molecule has 0 bridgehead atoms. The Hall–Kier alpha value is -2.23. The van der Waals surface area contributed by atoms with Crippen LogP contribution >= 0.6 is 0 Å². The van der Waals surface area contributed by atoms with Gasteiger partial charge >= 0.3 is 5.97 Å². The van der Waals surface area contributed by atoms with Gasteiger partial charge in [0.15, 0.2) is 11.5 Å². The summed E-state index contributed by atoms with van der Waals surface area (Å²) in [7, 11) is 3.12. The van der Waals surface area contributed by atoms with Gasteiger partial charge in [0.05, 0.1) is 14.2 Å². The summed E-state index contributed by atoms with van der Waals surface area (Å²) in [4.78, 5) is 11.3. The first-order valence-electron chi connectivity index (χ1n) is 6.89. The SMILES string of the molecule is C=CCCCCC(=Cc1ccc(OC)c(OC)c1)C(=O)O. The Morgan fingerprint density at radius 3 is 2.52 bits per heavy atom. The maximum atomic E-state index is 11.3. The second-order valence-corrected chi connectivity index (χ2v) is 4.62. The van der Waals surface area contributed by atoms with Crippen LogP contribution in [-0.4, -0.2) is 25.3 Å². The summed E-state index contributed by atoms with van der Waals surface area (Å²) in [5, 5.41) is 9.27. The Kier molecular flexibility index (Phi) is 7.09. The second-order valence-electron chi connectivity index (χ2n) is 4.62. The number of hydrogen-bond acceptors (Lipinski definition) is 3. The Morgan fingerprint density at radius 1 is 1.24 bits per heavy atom. The maximum absolute atomic E-state index is 11.3. The molecule has 114 valence electrons. The Morgan fingerprint density at radius 2 is 1.95 bits per heavy atom. The van der Waals surface area contributed by atoms with Crippen molar-refractivity contribution in [1.82, 2.24) is 0 Å². The van der Waals surface area contributed by atoms with Gasteiger partial charge in [0.1, 0.15) is 0 Å². The molecule has 1 N–H and O–H groups in total. The van der Waals surface area contributed by atoms with E-state index in [0.29, 0.717) is 23.5 Å². The third kappa shape index (κ3) is 5.34. The first-order valence-corrected chi connectivity index (χ1v) is 6.89. The second kappa shape index (κ2) is 8.84. The van der Waals surface area contributed by atoms with E-state index in [0.717, 1.165) is 24.8 Å². The number of unbranched alkanes of at least 4 members (excludes halogenated alkanes) is 2. The zero-order chi connectivity index (χ0) is 15.7. The van der Waals surface area contributed by atoms with E-state index in [1.54, 1.807) is 32.4 Å². The molecule has 0 atom stereocenters. The highest BCUT2D eigenvalue weighted by molar-refractivity contribution is 5.92. The highest BCUT2D eigenvalue weighted by Gasteiger charge is 2.09. The molecule has 0 aliphatic carbocycles. The lowest BCUT2D eigenvalue weighted by Gasteiger charge is -2.08. The molecule has 0 heterocycles. The number of methoxy groups -OCH3 is 2. The number of carbonyl (C=O) groups is 1. The minimum atomic E-state index is -0.886. The summed E-state index contributed by atoms with van der Waals surface area (Å²) in [6, 6.07) is 5.35. The van der Waals surface area contributed by atoms with Crippen LogP contribution in [0, 0.1) is 0 Å². The van der Waals surface area contributed by atoms with Crippen LogP contribution in [0.2, 0.25) is 0 Å². The van der Waals surface area contributed by atoms with Gasteiger partial charge in [-0.2, -0.15) is 0 Å². The fourth-order valence-electron chi connectivity index (χ4n) is 1.99. The van der Waals surface area contributed by atoms with Crippen LogP contribution in [0.15, 0.2) is 36.4 Å². The molecule has 4 heteroatoms. The average Bonchev–Trinajstić information content (AvgIpc) is 2.49. The van der Waals surface area contributed by atoms with E-state index in [2.05, 4.69) is 6.58 Å². The van der Waals surface area contributed by atoms with Gasteiger partial charge in [0, 0.05) is 5.57 Å². The molecular formula is C17H22O4. The summed E-state index contributed by atoms with van der Waals surface area (Å²) in [5.41, 5.74) is 1.18. The van der Waals surface area contributed by atoms with Gasteiger partial charge in [-0.3, -0.25) is 0 Å². The van der Waals surface area contributed by atoms with Gasteiger partial charge in [-0.25, -0.2) is 4.79 Å². The van der Waals surface area contributed by atoms with E-state index in [9.17, 15) is 9.90 Å². The molecule has 0 saturated heterocycles. The van der Waals surface area contributed by atoms with Crippen LogP contribution in [-0.2, 0) is 4.79 Å². The lowest BCUT2D eigenvalue weighted by atomic mass is 10.0. The van der Waals surface area contributed by atoms with Crippen LogP contribution < -0.4 is 9.47 Å². The minimum absolute atomic E-state index is 0.395. The minimum Gasteiger partial charge on any atom is -0.493 e. The maximum Gasteiger partial charge on any atom is 0.331 e. The fourth-order valence-corrected chi connectivity index (χ4v) is 1.99. The lowest BCUT2D eigenvalue weighted by Crippen LogP contribution is -2.00. The summed E-state index contributed by atoms with van der Waals surface area (Å²) in [6.45, 7) is 3.66. The molecule has 0 aliphatic rings. The smallest absolute Gasteiger partial charge is 0.331 e. The quantitative estimate of drug-likeness (QED) is 0.425. The van der Waals surface area contributed by atoms with Crippen molar-refractivity contribution < 1.29 is 19.4 Å². The van der Waals surface area contributed by atoms with Crippen molar-refractivity contribution in [2.24, 2.45) is 0 Å². The van der Waals surface area contributed by atoms with Crippen LogP contribution in [0.4, 0.5) is 0 Å². The number of benzene rings is 1. The number of hydrogen-bond donors (Lipinski definition) is 1. The predicted octanol–water partition coefficient (Wildman–Crippen LogP) is 3.92. The van der Waals surface area contributed by atoms with E-state index in [1.807, 2.05) is 12.1 Å². The Balaban J connectivity index is 2.89. The molecule has 0 radical (unpaired) electrons. The standard InChI is InChI=1S/C17H22O4/c1-4-5-6-7-8-14(17(18)19)11-13-9-10-15(20-2)16(12-13)21-3/h4,9-12H,1,5-8H2,2-3H3,(H,18,19). The number of ether oxygens (including phenoxy) is 2. The van der Waals surface area contributed by atoms with Gasteiger partial charge < -0.3 is 14.6 Å². The fraction of sp³-hybridized carbons (Fsp3) is 0.353. The Labute approximate surface area is 125 Å². The molecule has 21 heavy (non-hydrogen) atoms. The molecule has 1 aromatic rings. The van der Waals surface area contributed by atoms with Gasteiger partial charge in [0.2, 0.25) is 0 Å². The first kappa shape index (κ1) is 16.8. The van der Waals surface area contributed by atoms with Crippen molar-refractivity contribution in [2.45, 2.75) is 25.7 Å². The van der Waals surface area contributed by atoms with Crippen LogP contribution in [0.5, 0.6) is 11.5 Å². The molecule has 0 saturated carbocycles. The van der Waals surface area contributed by atoms with Crippen molar-refractivity contribution in [2.75, 3.05) is 14.2 Å². The highest BCUT2D eigenvalue weighted by Crippen LogP contribution is 2.28. The normalized spacial score (nSPS) is 11.0. The van der Waals surface area contributed by atoms with Crippen LogP contribution in [0.3, 0.4) is 0 Å². The van der Waals surface area contributed by atoms with E-state index in [-0.39, 0.29) is 0 Å². The highest BCUT2D eigenvalue weighted by atomic mass is 16.5. The number of carboxylic acid groups (broad SMARTS) is 1. The third-order valence-electron chi connectivity index (χ3n) is 3.13. The average molecular weight is 290 g/mol.